The minimum atomic E-state index is -0.975. The summed E-state index contributed by atoms with van der Waals surface area (Å²) in [6.45, 7) is 3.64. The number of carbonyl (C=O) groups is 3. The standard InChI is InChI=1S/C17H31N3O4/c1-13(17(23)24)20(11-10-18-14(2)21)12-16(22)19-15-8-6-4-3-5-7-9-15/h13,15H,3-12H2,1-2H3,(H,18,21)(H,19,22)(H,23,24). The van der Waals surface area contributed by atoms with E-state index in [1.807, 2.05) is 0 Å². The van der Waals surface area contributed by atoms with Gasteiger partial charge < -0.3 is 15.7 Å². The van der Waals surface area contributed by atoms with E-state index in [1.165, 1.54) is 26.2 Å². The Kier molecular flexibility index (Phi) is 9.37. The van der Waals surface area contributed by atoms with Crippen LogP contribution in [0.25, 0.3) is 0 Å². The summed E-state index contributed by atoms with van der Waals surface area (Å²) >= 11 is 0. The maximum atomic E-state index is 12.3. The summed E-state index contributed by atoms with van der Waals surface area (Å²) in [7, 11) is 0. The first-order chi connectivity index (χ1) is 11.4. The molecule has 1 atom stereocenters. The van der Waals surface area contributed by atoms with Gasteiger partial charge in [-0.2, -0.15) is 0 Å². The van der Waals surface area contributed by atoms with Gasteiger partial charge in [0.25, 0.3) is 0 Å². The molecule has 0 bridgehead atoms. The average molecular weight is 341 g/mol. The summed E-state index contributed by atoms with van der Waals surface area (Å²) in [4.78, 5) is 36.1. The van der Waals surface area contributed by atoms with Gasteiger partial charge in [-0.1, -0.05) is 32.1 Å². The molecule has 0 saturated heterocycles. The van der Waals surface area contributed by atoms with Crippen molar-refractivity contribution in [1.29, 1.82) is 0 Å². The second-order valence-corrected chi connectivity index (χ2v) is 6.58. The molecule has 1 rings (SSSR count). The van der Waals surface area contributed by atoms with Crippen molar-refractivity contribution < 1.29 is 19.5 Å². The first-order valence-corrected chi connectivity index (χ1v) is 8.90. The molecule has 3 N–H and O–H groups in total. The van der Waals surface area contributed by atoms with Crippen molar-refractivity contribution in [1.82, 2.24) is 15.5 Å². The predicted octanol–water partition coefficient (Wildman–Crippen LogP) is 1.13. The average Bonchev–Trinajstić information content (AvgIpc) is 2.47. The van der Waals surface area contributed by atoms with E-state index in [2.05, 4.69) is 10.6 Å². The first kappa shape index (κ1) is 20.4. The van der Waals surface area contributed by atoms with E-state index in [9.17, 15) is 19.5 Å². The lowest BCUT2D eigenvalue weighted by Gasteiger charge is -2.27. The molecule has 0 aliphatic heterocycles. The van der Waals surface area contributed by atoms with Crippen LogP contribution in [0.1, 0.15) is 58.8 Å². The van der Waals surface area contributed by atoms with Crippen LogP contribution in [0.3, 0.4) is 0 Å². The molecule has 0 aromatic carbocycles. The summed E-state index contributed by atoms with van der Waals surface area (Å²) in [5, 5.41) is 14.9. The number of carboxylic acid groups (broad SMARTS) is 1. The van der Waals surface area contributed by atoms with Crippen LogP contribution >= 0.6 is 0 Å². The van der Waals surface area contributed by atoms with Gasteiger partial charge in [-0.05, 0) is 19.8 Å². The topological polar surface area (TPSA) is 98.7 Å². The van der Waals surface area contributed by atoms with Crippen molar-refractivity contribution in [2.24, 2.45) is 0 Å². The van der Waals surface area contributed by atoms with Gasteiger partial charge in [-0.3, -0.25) is 19.3 Å². The summed E-state index contributed by atoms with van der Waals surface area (Å²) in [6, 6.07) is -0.586. The van der Waals surface area contributed by atoms with E-state index in [0.717, 1.165) is 25.7 Å². The third kappa shape index (κ3) is 8.29. The fourth-order valence-corrected chi connectivity index (χ4v) is 3.00. The summed E-state index contributed by atoms with van der Waals surface area (Å²) < 4.78 is 0. The van der Waals surface area contributed by atoms with Crippen LogP contribution in [0.4, 0.5) is 0 Å². The Bertz CT molecular complexity index is 420. The molecule has 1 unspecified atom stereocenters. The van der Waals surface area contributed by atoms with Crippen LogP contribution in [-0.2, 0) is 14.4 Å². The van der Waals surface area contributed by atoms with Crippen LogP contribution < -0.4 is 10.6 Å². The Labute approximate surface area is 144 Å². The highest BCUT2D eigenvalue weighted by molar-refractivity contribution is 5.80. The largest absolute Gasteiger partial charge is 0.480 e. The molecule has 24 heavy (non-hydrogen) atoms. The van der Waals surface area contributed by atoms with Gasteiger partial charge in [-0.25, -0.2) is 0 Å². The lowest BCUT2D eigenvalue weighted by Crippen LogP contribution is -2.49. The van der Waals surface area contributed by atoms with Gasteiger partial charge >= 0.3 is 5.97 Å². The van der Waals surface area contributed by atoms with Gasteiger partial charge in [0.1, 0.15) is 6.04 Å². The number of nitrogens with one attached hydrogen (secondary N) is 2. The van der Waals surface area contributed by atoms with Crippen molar-refractivity contribution in [3.8, 4) is 0 Å². The number of nitrogens with zero attached hydrogens (tertiary/aromatic N) is 1. The monoisotopic (exact) mass is 341 g/mol. The normalized spacial score (nSPS) is 17.6. The van der Waals surface area contributed by atoms with Crippen molar-refractivity contribution in [3.63, 3.8) is 0 Å². The molecule has 0 spiro atoms. The van der Waals surface area contributed by atoms with E-state index in [-0.39, 0.29) is 24.4 Å². The maximum Gasteiger partial charge on any atom is 0.320 e. The molecule has 1 fully saturated rings. The van der Waals surface area contributed by atoms with Crippen LogP contribution in [-0.4, -0.2) is 59.5 Å². The molecular weight excluding hydrogens is 310 g/mol. The highest BCUT2D eigenvalue weighted by Gasteiger charge is 2.23. The highest BCUT2D eigenvalue weighted by Crippen LogP contribution is 2.17. The molecule has 1 aliphatic carbocycles. The predicted molar refractivity (Wildman–Crippen MR) is 91.6 cm³/mol. The molecule has 138 valence electrons. The Balaban J connectivity index is 2.51. The number of aliphatic carboxylic acids is 1. The smallest absolute Gasteiger partial charge is 0.320 e. The Morgan fingerprint density at radius 1 is 1.12 bits per heavy atom. The molecular formula is C17H31N3O4. The first-order valence-electron chi connectivity index (χ1n) is 8.90. The Morgan fingerprint density at radius 2 is 1.71 bits per heavy atom. The fraction of sp³-hybridized carbons (Fsp3) is 0.824. The SMILES string of the molecule is CC(=O)NCCN(CC(=O)NC1CCCCCCC1)C(C)C(=O)O. The minimum absolute atomic E-state index is 0.0313. The molecule has 2 amide bonds. The van der Waals surface area contributed by atoms with Gasteiger partial charge in [-0.15, -0.1) is 0 Å². The third-order valence-corrected chi connectivity index (χ3v) is 4.50. The highest BCUT2D eigenvalue weighted by atomic mass is 16.4. The zero-order valence-electron chi connectivity index (χ0n) is 14.8. The van der Waals surface area contributed by atoms with E-state index in [0.29, 0.717) is 13.1 Å². The van der Waals surface area contributed by atoms with Crippen LogP contribution in [0.5, 0.6) is 0 Å². The van der Waals surface area contributed by atoms with Crippen LogP contribution in [0.2, 0.25) is 0 Å². The molecule has 0 radical (unpaired) electrons. The maximum absolute atomic E-state index is 12.3. The van der Waals surface area contributed by atoms with Crippen LogP contribution in [0, 0.1) is 0 Å². The second-order valence-electron chi connectivity index (χ2n) is 6.58. The van der Waals surface area contributed by atoms with E-state index in [4.69, 9.17) is 0 Å². The lowest BCUT2D eigenvalue weighted by atomic mass is 9.97. The molecule has 1 saturated carbocycles. The van der Waals surface area contributed by atoms with E-state index >= 15 is 0 Å². The summed E-state index contributed by atoms with van der Waals surface area (Å²) in [5.41, 5.74) is 0. The van der Waals surface area contributed by atoms with Gasteiger partial charge in [0, 0.05) is 26.1 Å². The summed E-state index contributed by atoms with van der Waals surface area (Å²) in [5.74, 6) is -1.29. The molecule has 1 aliphatic rings. The van der Waals surface area contributed by atoms with Gasteiger partial charge in [0.15, 0.2) is 0 Å². The number of rotatable bonds is 8. The molecule has 0 aromatic heterocycles. The van der Waals surface area contributed by atoms with E-state index < -0.39 is 12.0 Å². The van der Waals surface area contributed by atoms with Crippen molar-refractivity contribution in [3.05, 3.63) is 0 Å². The number of amides is 2. The van der Waals surface area contributed by atoms with Crippen molar-refractivity contribution >= 4 is 17.8 Å². The zero-order valence-corrected chi connectivity index (χ0v) is 14.8. The zero-order chi connectivity index (χ0) is 17.9. The molecule has 0 heterocycles. The Morgan fingerprint density at radius 3 is 2.25 bits per heavy atom. The second kappa shape index (κ2) is 11.0. The van der Waals surface area contributed by atoms with Crippen LogP contribution in [0.15, 0.2) is 0 Å². The fourth-order valence-electron chi connectivity index (χ4n) is 3.00. The number of carboxylic acids is 1. The van der Waals surface area contributed by atoms with E-state index in [1.54, 1.807) is 11.8 Å². The van der Waals surface area contributed by atoms with Crippen molar-refractivity contribution in [2.45, 2.75) is 70.9 Å². The minimum Gasteiger partial charge on any atom is -0.480 e. The van der Waals surface area contributed by atoms with Crippen molar-refractivity contribution in [2.75, 3.05) is 19.6 Å². The Hall–Kier alpha value is -1.63. The number of hydrogen-bond donors (Lipinski definition) is 3. The van der Waals surface area contributed by atoms with Gasteiger partial charge in [0.05, 0.1) is 6.54 Å². The third-order valence-electron chi connectivity index (χ3n) is 4.50. The summed E-state index contributed by atoms with van der Waals surface area (Å²) in [6.07, 6.45) is 7.94. The quantitative estimate of drug-likeness (QED) is 0.615. The number of hydrogen-bond acceptors (Lipinski definition) is 4. The number of carbonyl (C=O) groups excluding carboxylic acids is 2. The molecule has 0 aromatic rings. The van der Waals surface area contributed by atoms with Gasteiger partial charge in [0.2, 0.25) is 11.8 Å². The lowest BCUT2D eigenvalue weighted by molar-refractivity contribution is -0.143. The molecule has 7 nitrogen and oxygen atoms in total. The molecule has 7 heteroatoms.